The molecular weight excluding hydrogens is 369 g/mol. The predicted octanol–water partition coefficient (Wildman–Crippen LogP) is 2.55. The zero-order valence-electron chi connectivity index (χ0n) is 15.1. The van der Waals surface area contributed by atoms with Crippen LogP contribution in [-0.4, -0.2) is 30.8 Å². The predicted molar refractivity (Wildman–Crippen MR) is 105 cm³/mol. The van der Waals surface area contributed by atoms with E-state index in [1.807, 2.05) is 6.92 Å². The Morgan fingerprint density at radius 3 is 2.63 bits per heavy atom. The van der Waals surface area contributed by atoms with Gasteiger partial charge in [0.1, 0.15) is 18.2 Å². The molecule has 6 nitrogen and oxygen atoms in total. The van der Waals surface area contributed by atoms with Gasteiger partial charge in [-0.1, -0.05) is 18.2 Å². The maximum Gasteiger partial charge on any atom is 0.269 e. The number of hydrazine groups is 1. The Kier molecular flexibility index (Phi) is 7.97. The summed E-state index contributed by atoms with van der Waals surface area (Å²) >= 11 is 5.10. The molecule has 144 valence electrons. The summed E-state index contributed by atoms with van der Waals surface area (Å²) in [6.07, 6.45) is 0. The molecule has 0 radical (unpaired) electrons. The number of thiocarbonyl (C=S) groups is 1. The van der Waals surface area contributed by atoms with Crippen LogP contribution in [0.4, 0.5) is 4.39 Å². The maximum atomic E-state index is 12.9. The number of halogens is 1. The van der Waals surface area contributed by atoms with Gasteiger partial charge < -0.3 is 14.8 Å². The first kappa shape index (κ1) is 20.6. The number of amides is 1. The van der Waals surface area contributed by atoms with E-state index in [0.717, 1.165) is 5.56 Å². The van der Waals surface area contributed by atoms with Crippen molar-refractivity contribution >= 4 is 23.2 Å². The van der Waals surface area contributed by atoms with E-state index in [9.17, 15) is 9.18 Å². The zero-order chi connectivity index (χ0) is 19.6. The van der Waals surface area contributed by atoms with E-state index >= 15 is 0 Å². The van der Waals surface area contributed by atoms with Crippen molar-refractivity contribution in [1.29, 1.82) is 0 Å². The second-order valence-electron chi connectivity index (χ2n) is 5.85. The molecule has 2 rings (SSSR count). The molecule has 0 unspecified atom stereocenters. The molecule has 0 heterocycles. The standard InChI is InChI=1S/C19H22FN3O3S/c1-13(11-25-2)21-19(27)23-22-18(24)15-4-3-5-17(10-15)26-12-14-6-8-16(20)9-7-14/h3-10,13H,11-12H2,1-2H3,(H,22,24)(H2,21,23,27)/t13-/m1/s1. The minimum atomic E-state index is -0.356. The highest BCUT2D eigenvalue weighted by atomic mass is 32.1. The minimum absolute atomic E-state index is 0.00934. The first-order valence-electron chi connectivity index (χ1n) is 8.31. The molecule has 0 aliphatic carbocycles. The van der Waals surface area contributed by atoms with Crippen LogP contribution in [0.25, 0.3) is 0 Å². The van der Waals surface area contributed by atoms with E-state index in [4.69, 9.17) is 21.7 Å². The highest BCUT2D eigenvalue weighted by molar-refractivity contribution is 7.80. The fourth-order valence-electron chi connectivity index (χ4n) is 2.21. The van der Waals surface area contributed by atoms with Crippen molar-refractivity contribution in [3.63, 3.8) is 0 Å². The van der Waals surface area contributed by atoms with Crippen molar-refractivity contribution in [2.45, 2.75) is 19.6 Å². The van der Waals surface area contributed by atoms with E-state index < -0.39 is 0 Å². The van der Waals surface area contributed by atoms with Crippen LogP contribution in [0.3, 0.4) is 0 Å². The second kappa shape index (κ2) is 10.4. The topological polar surface area (TPSA) is 71.6 Å². The van der Waals surface area contributed by atoms with Gasteiger partial charge >= 0.3 is 0 Å². The van der Waals surface area contributed by atoms with Crippen LogP contribution in [0.2, 0.25) is 0 Å². The molecule has 27 heavy (non-hydrogen) atoms. The highest BCUT2D eigenvalue weighted by Crippen LogP contribution is 2.15. The number of ether oxygens (including phenoxy) is 2. The third-order valence-electron chi connectivity index (χ3n) is 3.50. The quantitative estimate of drug-likeness (QED) is 0.498. The van der Waals surface area contributed by atoms with E-state index in [-0.39, 0.29) is 29.5 Å². The largest absolute Gasteiger partial charge is 0.489 e. The maximum absolute atomic E-state index is 12.9. The average Bonchev–Trinajstić information content (AvgIpc) is 2.66. The number of rotatable bonds is 7. The fraction of sp³-hybridized carbons (Fsp3) is 0.263. The summed E-state index contributed by atoms with van der Waals surface area (Å²) in [6.45, 7) is 2.67. The van der Waals surface area contributed by atoms with E-state index in [0.29, 0.717) is 17.9 Å². The van der Waals surface area contributed by atoms with E-state index in [2.05, 4.69) is 16.2 Å². The number of carbonyl (C=O) groups excluding carboxylic acids is 1. The minimum Gasteiger partial charge on any atom is -0.489 e. The Morgan fingerprint density at radius 1 is 1.19 bits per heavy atom. The number of nitrogens with one attached hydrogen (secondary N) is 3. The number of hydrogen-bond donors (Lipinski definition) is 3. The van der Waals surface area contributed by atoms with Crippen molar-refractivity contribution in [3.05, 3.63) is 65.5 Å². The number of benzene rings is 2. The summed E-state index contributed by atoms with van der Waals surface area (Å²) in [4.78, 5) is 12.2. The second-order valence-corrected chi connectivity index (χ2v) is 6.26. The van der Waals surface area contributed by atoms with Crippen molar-refractivity contribution in [2.75, 3.05) is 13.7 Å². The Bertz CT molecular complexity index is 771. The summed E-state index contributed by atoms with van der Waals surface area (Å²) in [7, 11) is 1.60. The molecule has 0 fully saturated rings. The first-order valence-corrected chi connectivity index (χ1v) is 8.72. The van der Waals surface area contributed by atoms with Gasteiger partial charge in [0.05, 0.1) is 6.61 Å². The Labute approximate surface area is 163 Å². The molecule has 2 aromatic rings. The van der Waals surface area contributed by atoms with Crippen LogP contribution in [0.5, 0.6) is 5.75 Å². The highest BCUT2D eigenvalue weighted by Gasteiger charge is 2.09. The number of methoxy groups -OCH3 is 1. The summed E-state index contributed by atoms with van der Waals surface area (Å²) in [5.74, 6) is -0.124. The molecule has 0 aliphatic rings. The molecular formula is C19H22FN3O3S. The molecule has 0 aromatic heterocycles. The Hall–Kier alpha value is -2.71. The molecule has 0 bridgehead atoms. The Morgan fingerprint density at radius 2 is 1.93 bits per heavy atom. The molecule has 2 aromatic carbocycles. The lowest BCUT2D eigenvalue weighted by Gasteiger charge is -2.16. The van der Waals surface area contributed by atoms with Crippen LogP contribution in [-0.2, 0) is 11.3 Å². The Balaban J connectivity index is 1.85. The van der Waals surface area contributed by atoms with Crippen molar-refractivity contribution < 1.29 is 18.7 Å². The molecule has 0 saturated heterocycles. The molecule has 0 spiro atoms. The van der Waals surface area contributed by atoms with Gasteiger partial charge in [0.2, 0.25) is 0 Å². The fourth-order valence-corrected chi connectivity index (χ4v) is 2.46. The molecule has 8 heteroatoms. The average molecular weight is 391 g/mol. The molecule has 3 N–H and O–H groups in total. The SMILES string of the molecule is COC[C@@H](C)NC(=S)NNC(=O)c1cccc(OCc2ccc(F)cc2)c1. The number of hydrogen-bond acceptors (Lipinski definition) is 4. The lowest BCUT2D eigenvalue weighted by molar-refractivity contribution is 0.0943. The van der Waals surface area contributed by atoms with Crippen molar-refractivity contribution in [1.82, 2.24) is 16.2 Å². The van der Waals surface area contributed by atoms with Crippen LogP contribution in [0.15, 0.2) is 48.5 Å². The van der Waals surface area contributed by atoms with Gasteiger partial charge in [0.25, 0.3) is 5.91 Å². The smallest absolute Gasteiger partial charge is 0.269 e. The lowest BCUT2D eigenvalue weighted by atomic mass is 10.2. The molecule has 0 aliphatic heterocycles. The third-order valence-corrected chi connectivity index (χ3v) is 3.72. The van der Waals surface area contributed by atoms with Gasteiger partial charge in [-0.05, 0) is 55.0 Å². The first-order chi connectivity index (χ1) is 13.0. The van der Waals surface area contributed by atoms with Crippen molar-refractivity contribution in [2.24, 2.45) is 0 Å². The summed E-state index contributed by atoms with van der Waals surface area (Å²) in [5, 5.41) is 3.26. The van der Waals surface area contributed by atoms with Gasteiger partial charge in [-0.2, -0.15) is 0 Å². The normalized spacial score (nSPS) is 11.4. The van der Waals surface area contributed by atoms with E-state index in [1.165, 1.54) is 12.1 Å². The summed E-state index contributed by atoms with van der Waals surface area (Å²) in [5.41, 5.74) is 6.40. The lowest BCUT2D eigenvalue weighted by Crippen LogP contribution is -2.49. The molecule has 1 amide bonds. The summed E-state index contributed by atoms with van der Waals surface area (Å²) < 4.78 is 23.6. The van der Waals surface area contributed by atoms with Gasteiger partial charge in [0, 0.05) is 18.7 Å². The van der Waals surface area contributed by atoms with Gasteiger partial charge in [-0.3, -0.25) is 15.6 Å². The van der Waals surface area contributed by atoms with Gasteiger partial charge in [0.15, 0.2) is 5.11 Å². The van der Waals surface area contributed by atoms with Crippen LogP contribution >= 0.6 is 12.2 Å². The van der Waals surface area contributed by atoms with E-state index in [1.54, 1.807) is 43.5 Å². The molecule has 0 saturated carbocycles. The van der Waals surface area contributed by atoms with Crippen LogP contribution in [0.1, 0.15) is 22.8 Å². The van der Waals surface area contributed by atoms with Gasteiger partial charge in [-0.25, -0.2) is 4.39 Å². The van der Waals surface area contributed by atoms with Crippen LogP contribution < -0.4 is 20.9 Å². The zero-order valence-corrected chi connectivity index (χ0v) is 15.9. The molecule has 1 atom stereocenters. The third kappa shape index (κ3) is 7.20. The van der Waals surface area contributed by atoms with Crippen LogP contribution in [0, 0.1) is 5.82 Å². The monoisotopic (exact) mass is 391 g/mol. The summed E-state index contributed by atoms with van der Waals surface area (Å²) in [6, 6.07) is 12.8. The number of carbonyl (C=O) groups is 1. The van der Waals surface area contributed by atoms with Gasteiger partial charge in [-0.15, -0.1) is 0 Å². The van der Waals surface area contributed by atoms with Crippen molar-refractivity contribution in [3.8, 4) is 5.75 Å².